The molecule has 0 fully saturated rings. The van der Waals surface area contributed by atoms with Crippen molar-refractivity contribution in [1.29, 1.82) is 0 Å². The van der Waals surface area contributed by atoms with E-state index < -0.39 is 5.92 Å². The van der Waals surface area contributed by atoms with Crippen molar-refractivity contribution in [2.45, 2.75) is 59.9 Å². The van der Waals surface area contributed by atoms with Crippen LogP contribution in [0.15, 0.2) is 30.3 Å². The van der Waals surface area contributed by atoms with Gasteiger partial charge in [-0.25, -0.2) is 9.97 Å². The normalized spacial score (nSPS) is 16.2. The highest BCUT2D eigenvalue weighted by Crippen LogP contribution is 2.40. The van der Waals surface area contributed by atoms with Crippen molar-refractivity contribution >= 4 is 28.9 Å². The number of carbonyl (C=O) groups excluding carboxylic acids is 2. The third-order valence-electron chi connectivity index (χ3n) is 5.46. The maximum atomic E-state index is 13.5. The van der Waals surface area contributed by atoms with Gasteiger partial charge in [-0.15, -0.1) is 0 Å². The second kappa shape index (κ2) is 10.7. The van der Waals surface area contributed by atoms with Gasteiger partial charge in [0.05, 0.1) is 10.6 Å². The van der Waals surface area contributed by atoms with Crippen LogP contribution in [-0.2, 0) is 19.1 Å². The quantitative estimate of drug-likeness (QED) is 0.416. The molecule has 1 aliphatic carbocycles. The van der Waals surface area contributed by atoms with Crippen molar-refractivity contribution in [3.8, 4) is 11.4 Å². The molecule has 0 bridgehead atoms. The minimum atomic E-state index is -0.480. The van der Waals surface area contributed by atoms with Crippen LogP contribution in [0.25, 0.3) is 17.0 Å². The van der Waals surface area contributed by atoms with Crippen molar-refractivity contribution in [2.75, 3.05) is 13.4 Å². The highest BCUT2D eigenvalue weighted by atomic mass is 35.5. The number of allylic oxidation sites excluding steroid dienone is 2. The largest absolute Gasteiger partial charge is 0.471 e. The van der Waals surface area contributed by atoms with Crippen LogP contribution < -0.4 is 5.32 Å². The molecule has 182 valence electrons. The second-order valence-corrected chi connectivity index (χ2v) is 9.97. The Bertz CT molecular complexity index is 1080. The Labute approximate surface area is 205 Å². The van der Waals surface area contributed by atoms with Crippen molar-refractivity contribution < 1.29 is 19.1 Å². The Hall–Kier alpha value is -2.77. The molecule has 0 aliphatic heterocycles. The van der Waals surface area contributed by atoms with Crippen LogP contribution in [0.2, 0.25) is 5.02 Å². The first-order chi connectivity index (χ1) is 16.0. The van der Waals surface area contributed by atoms with Crippen LogP contribution >= 0.6 is 11.6 Å². The number of Topliss-reactive ketones (excluding diaryl/α,β-unsaturated/α-hetero) is 1. The van der Waals surface area contributed by atoms with E-state index in [0.717, 1.165) is 22.3 Å². The van der Waals surface area contributed by atoms with Crippen molar-refractivity contribution in [3.05, 3.63) is 52.0 Å². The molecule has 1 amide bonds. The van der Waals surface area contributed by atoms with Crippen molar-refractivity contribution in [1.82, 2.24) is 15.3 Å². The Kier molecular flexibility index (Phi) is 8.10. The fourth-order valence-electron chi connectivity index (χ4n) is 4.16. The molecule has 2 aromatic rings. The number of ketones is 1. The fourth-order valence-corrected chi connectivity index (χ4v) is 4.25. The molecule has 34 heavy (non-hydrogen) atoms. The van der Waals surface area contributed by atoms with Crippen LogP contribution in [0.3, 0.4) is 0 Å². The standard InChI is InChI=1S/C26H32ClN3O4/c1-7-33-14-34-20-10-17(11-21(31)30-26(4,5)6)24(32)23(20)22-15(2)8-18(9-16(22)3)25-28-12-19(27)13-29-25/h8-9,12-13,17H,7,10-11,14H2,1-6H3,(H,30,31). The van der Waals surface area contributed by atoms with Gasteiger partial charge in [-0.2, -0.15) is 0 Å². The number of hydrogen-bond donors (Lipinski definition) is 1. The molecule has 1 N–H and O–H groups in total. The summed E-state index contributed by atoms with van der Waals surface area (Å²) in [6.45, 7) is 12.1. The van der Waals surface area contributed by atoms with Crippen LogP contribution in [0.1, 0.15) is 57.2 Å². The SMILES string of the molecule is CCOCOC1=C(c2c(C)cc(-c3ncc(Cl)cn3)cc2C)C(=O)C(CC(=O)NC(C)(C)C)C1. The predicted molar refractivity (Wildman–Crippen MR) is 132 cm³/mol. The van der Waals surface area contributed by atoms with Gasteiger partial charge in [0.15, 0.2) is 18.4 Å². The molecule has 8 heteroatoms. The van der Waals surface area contributed by atoms with Gasteiger partial charge in [0.2, 0.25) is 5.91 Å². The first kappa shape index (κ1) is 25.8. The zero-order chi connectivity index (χ0) is 25.0. The summed E-state index contributed by atoms with van der Waals surface area (Å²) in [6, 6.07) is 3.90. The molecule has 7 nitrogen and oxygen atoms in total. The maximum Gasteiger partial charge on any atom is 0.221 e. The molecule has 3 rings (SSSR count). The highest BCUT2D eigenvalue weighted by Gasteiger charge is 2.38. The number of hydrogen-bond acceptors (Lipinski definition) is 6. The minimum absolute atomic E-state index is 0.0539. The Balaban J connectivity index is 1.95. The highest BCUT2D eigenvalue weighted by molar-refractivity contribution is 6.30. The first-order valence-electron chi connectivity index (χ1n) is 11.4. The zero-order valence-electron chi connectivity index (χ0n) is 20.6. The third-order valence-corrected chi connectivity index (χ3v) is 5.65. The van der Waals surface area contributed by atoms with E-state index in [9.17, 15) is 9.59 Å². The van der Waals surface area contributed by atoms with E-state index in [1.807, 2.05) is 53.7 Å². The third kappa shape index (κ3) is 6.21. The monoisotopic (exact) mass is 485 g/mol. The summed E-state index contributed by atoms with van der Waals surface area (Å²) in [5, 5.41) is 3.41. The summed E-state index contributed by atoms with van der Waals surface area (Å²) in [5.41, 5.74) is 3.60. The van der Waals surface area contributed by atoms with E-state index in [0.29, 0.717) is 35.2 Å². The molecule has 0 spiro atoms. The molecule has 1 aromatic heterocycles. The first-order valence-corrected chi connectivity index (χ1v) is 11.8. The van der Waals surface area contributed by atoms with Crippen LogP contribution in [-0.4, -0.2) is 40.6 Å². The molecule has 0 radical (unpaired) electrons. The van der Waals surface area contributed by atoms with E-state index >= 15 is 0 Å². The summed E-state index contributed by atoms with van der Waals surface area (Å²) in [5.74, 6) is 0.399. The van der Waals surface area contributed by atoms with Gasteiger partial charge in [-0.3, -0.25) is 9.59 Å². The number of aromatic nitrogens is 2. The number of amides is 1. The van der Waals surface area contributed by atoms with Gasteiger partial charge < -0.3 is 14.8 Å². The van der Waals surface area contributed by atoms with Crippen molar-refractivity contribution in [2.24, 2.45) is 5.92 Å². The smallest absolute Gasteiger partial charge is 0.221 e. The summed E-state index contributed by atoms with van der Waals surface area (Å²) in [7, 11) is 0. The topological polar surface area (TPSA) is 90.4 Å². The zero-order valence-corrected chi connectivity index (χ0v) is 21.4. The number of ether oxygens (including phenoxy) is 2. The molecule has 1 heterocycles. The van der Waals surface area contributed by atoms with Gasteiger partial charge in [0.25, 0.3) is 0 Å². The summed E-state index contributed by atoms with van der Waals surface area (Å²) in [4.78, 5) is 34.7. The molecule has 1 aliphatic rings. The lowest BCUT2D eigenvalue weighted by Crippen LogP contribution is -2.41. The van der Waals surface area contributed by atoms with E-state index in [1.54, 1.807) is 12.4 Å². The summed E-state index contributed by atoms with van der Waals surface area (Å²) < 4.78 is 11.3. The van der Waals surface area contributed by atoms with Gasteiger partial charge in [0.1, 0.15) is 5.76 Å². The molecule has 1 atom stereocenters. The number of rotatable bonds is 8. The average molecular weight is 486 g/mol. The van der Waals surface area contributed by atoms with Crippen LogP contribution in [0, 0.1) is 19.8 Å². The lowest BCUT2D eigenvalue weighted by Gasteiger charge is -2.21. The van der Waals surface area contributed by atoms with Gasteiger partial charge in [-0.1, -0.05) is 11.6 Å². The number of benzene rings is 1. The summed E-state index contributed by atoms with van der Waals surface area (Å²) in [6.07, 6.45) is 3.58. The minimum Gasteiger partial charge on any atom is -0.471 e. The number of aryl methyl sites for hydroxylation is 2. The Morgan fingerprint density at radius 1 is 1.18 bits per heavy atom. The molecule has 0 saturated carbocycles. The van der Waals surface area contributed by atoms with Gasteiger partial charge in [0, 0.05) is 48.9 Å². The van der Waals surface area contributed by atoms with E-state index in [1.165, 1.54) is 0 Å². The average Bonchev–Trinajstić information content (AvgIpc) is 3.02. The fraction of sp³-hybridized carbons (Fsp3) is 0.462. The Morgan fingerprint density at radius 2 is 1.79 bits per heavy atom. The lowest BCUT2D eigenvalue weighted by molar-refractivity contribution is -0.127. The van der Waals surface area contributed by atoms with E-state index in [4.69, 9.17) is 21.1 Å². The van der Waals surface area contributed by atoms with E-state index in [2.05, 4.69) is 15.3 Å². The molecule has 1 unspecified atom stereocenters. The number of halogens is 1. The van der Waals surface area contributed by atoms with E-state index in [-0.39, 0.29) is 30.4 Å². The number of nitrogens with zero attached hydrogens (tertiary/aromatic N) is 2. The van der Waals surface area contributed by atoms with Gasteiger partial charge >= 0.3 is 0 Å². The summed E-state index contributed by atoms with van der Waals surface area (Å²) >= 11 is 5.92. The number of carbonyl (C=O) groups is 2. The maximum absolute atomic E-state index is 13.5. The molecular weight excluding hydrogens is 454 g/mol. The molecule has 1 aromatic carbocycles. The van der Waals surface area contributed by atoms with Gasteiger partial charge in [-0.05, 0) is 70.4 Å². The molecule has 0 saturated heterocycles. The Morgan fingerprint density at radius 3 is 2.35 bits per heavy atom. The number of nitrogens with one attached hydrogen (secondary N) is 1. The van der Waals surface area contributed by atoms with Crippen molar-refractivity contribution in [3.63, 3.8) is 0 Å². The van der Waals surface area contributed by atoms with Crippen LogP contribution in [0.4, 0.5) is 0 Å². The van der Waals surface area contributed by atoms with Crippen LogP contribution in [0.5, 0.6) is 0 Å². The predicted octanol–water partition coefficient (Wildman–Crippen LogP) is 5.03. The lowest BCUT2D eigenvalue weighted by atomic mass is 9.89. The second-order valence-electron chi connectivity index (χ2n) is 9.53. The molecular formula is C26H32ClN3O4.